The van der Waals surface area contributed by atoms with E-state index in [2.05, 4.69) is 38.8 Å². The lowest BCUT2D eigenvalue weighted by Crippen LogP contribution is -2.58. The van der Waals surface area contributed by atoms with Gasteiger partial charge in [0.25, 0.3) is 0 Å². The molecule has 0 saturated heterocycles. The predicted molar refractivity (Wildman–Crippen MR) is 243 cm³/mol. The number of carbonyl (C=O) groups excluding carboxylic acids is 7. The van der Waals surface area contributed by atoms with Crippen LogP contribution in [0.15, 0.2) is 24.3 Å². The van der Waals surface area contributed by atoms with Crippen LogP contribution in [0.1, 0.15) is 141 Å². The van der Waals surface area contributed by atoms with Crippen LogP contribution < -0.4 is 49.1 Å². The van der Waals surface area contributed by atoms with E-state index in [1.807, 2.05) is 6.92 Å². The number of nitrogens with two attached hydrogens (primary N) is 3. The number of carbonyl (C=O) groups is 7. The SMILES string of the molecule is CCCCCCCCCCCCOCCC(=O)NCC(=O)NCC(=O)N[C@@H](Cc1ccc(O)cc1)C(=O)N[C@@H](CCC(N)=O)C(=O)N[C@@H](CCCCN)C(=O)N[C@H](C)CCCCN. The van der Waals surface area contributed by atoms with Crippen LogP contribution in [-0.2, 0) is 44.7 Å². The van der Waals surface area contributed by atoms with E-state index >= 15 is 0 Å². The summed E-state index contributed by atoms with van der Waals surface area (Å²) >= 11 is 0. The zero-order valence-corrected chi connectivity index (χ0v) is 37.9. The molecule has 0 spiro atoms. The molecule has 0 bridgehead atoms. The summed E-state index contributed by atoms with van der Waals surface area (Å²) in [6, 6.07) is 2.13. The first-order valence-electron chi connectivity index (χ1n) is 23.1. The Morgan fingerprint density at radius 1 is 0.571 bits per heavy atom. The quantitative estimate of drug-likeness (QED) is 0.0428. The maximum atomic E-state index is 13.8. The summed E-state index contributed by atoms with van der Waals surface area (Å²) < 4.78 is 5.57. The lowest BCUT2D eigenvalue weighted by molar-refractivity contribution is -0.134. The number of nitrogens with one attached hydrogen (secondary N) is 6. The molecule has 0 radical (unpaired) electrons. The standard InChI is InChI=1S/C45H79N9O9/c1-3-4-5-6-7-8-9-10-11-16-28-63-29-25-40(57)49-31-41(58)50-32-42(59)52-38(30-34-19-21-35(55)22-20-34)45(62)54-37(23-24-39(48)56)44(61)53-36(18-13-15-27-47)43(60)51-33(2)17-12-14-26-46/h19-22,33,36-38,55H,3-18,23-32,46-47H2,1-2H3,(H2,48,56)(H,49,57)(H,50,58)(H,51,60)(H,52,59)(H,53,61)(H,54,62)/t33-,36+,37+,38+/m1/s1. The van der Waals surface area contributed by atoms with Gasteiger partial charge in [-0.2, -0.15) is 0 Å². The minimum Gasteiger partial charge on any atom is -0.508 e. The first-order valence-corrected chi connectivity index (χ1v) is 23.1. The number of aromatic hydroxyl groups is 1. The maximum Gasteiger partial charge on any atom is 0.243 e. The van der Waals surface area contributed by atoms with E-state index in [0.29, 0.717) is 44.5 Å². The Morgan fingerprint density at radius 2 is 1.10 bits per heavy atom. The molecule has 18 nitrogen and oxygen atoms in total. The van der Waals surface area contributed by atoms with Gasteiger partial charge in [0.05, 0.1) is 19.7 Å². The van der Waals surface area contributed by atoms with Gasteiger partial charge in [0.2, 0.25) is 41.4 Å². The zero-order valence-electron chi connectivity index (χ0n) is 37.9. The fraction of sp³-hybridized carbons (Fsp3) is 0.711. The van der Waals surface area contributed by atoms with Crippen molar-refractivity contribution in [3.63, 3.8) is 0 Å². The van der Waals surface area contributed by atoms with Gasteiger partial charge < -0.3 is 58.9 Å². The lowest BCUT2D eigenvalue weighted by atomic mass is 10.0. The van der Waals surface area contributed by atoms with Gasteiger partial charge in [0.15, 0.2) is 0 Å². The van der Waals surface area contributed by atoms with Gasteiger partial charge in [0.1, 0.15) is 23.9 Å². The smallest absolute Gasteiger partial charge is 0.243 e. The van der Waals surface area contributed by atoms with Gasteiger partial charge in [-0.25, -0.2) is 0 Å². The number of rotatable bonds is 38. The summed E-state index contributed by atoms with van der Waals surface area (Å²) in [5.41, 5.74) is 17.2. The third-order valence-corrected chi connectivity index (χ3v) is 10.4. The second-order valence-electron chi connectivity index (χ2n) is 16.2. The first kappa shape index (κ1) is 56.2. The van der Waals surface area contributed by atoms with Crippen molar-refractivity contribution < 1.29 is 43.4 Å². The first-order chi connectivity index (χ1) is 30.3. The highest BCUT2D eigenvalue weighted by molar-refractivity contribution is 5.95. The van der Waals surface area contributed by atoms with Gasteiger partial charge in [-0.05, 0) is 82.7 Å². The van der Waals surface area contributed by atoms with Crippen LogP contribution in [-0.4, -0.2) is 110 Å². The average molecular weight is 890 g/mol. The molecular weight excluding hydrogens is 811 g/mol. The van der Waals surface area contributed by atoms with E-state index in [1.165, 1.54) is 63.5 Å². The third-order valence-electron chi connectivity index (χ3n) is 10.4. The highest BCUT2D eigenvalue weighted by Crippen LogP contribution is 2.13. The number of hydrogen-bond donors (Lipinski definition) is 10. The Balaban J connectivity index is 2.80. The number of unbranched alkanes of at least 4 members (excludes halogenated alkanes) is 11. The Kier molecular flexibility index (Phi) is 31.8. The van der Waals surface area contributed by atoms with Gasteiger partial charge in [-0.1, -0.05) is 83.3 Å². The monoisotopic (exact) mass is 890 g/mol. The molecule has 0 aliphatic heterocycles. The molecule has 63 heavy (non-hydrogen) atoms. The molecule has 0 aromatic heterocycles. The van der Waals surface area contributed by atoms with Crippen LogP contribution in [0, 0.1) is 0 Å². The Morgan fingerprint density at radius 3 is 1.70 bits per heavy atom. The molecule has 0 saturated carbocycles. The summed E-state index contributed by atoms with van der Waals surface area (Å²) in [5, 5.41) is 25.5. The van der Waals surface area contributed by atoms with Gasteiger partial charge in [-0.15, -0.1) is 0 Å². The van der Waals surface area contributed by atoms with Crippen molar-refractivity contribution in [2.45, 2.75) is 166 Å². The molecule has 1 aromatic carbocycles. The van der Waals surface area contributed by atoms with E-state index in [1.54, 1.807) is 12.1 Å². The number of phenolic OH excluding ortho intramolecular Hbond substituents is 1. The summed E-state index contributed by atoms with van der Waals surface area (Å²) in [4.78, 5) is 90.6. The van der Waals surface area contributed by atoms with Crippen LogP contribution in [0.3, 0.4) is 0 Å². The predicted octanol–water partition coefficient (Wildman–Crippen LogP) is 1.98. The molecule has 4 atom stereocenters. The minimum atomic E-state index is -1.33. The van der Waals surface area contributed by atoms with Crippen molar-refractivity contribution in [3.05, 3.63) is 29.8 Å². The molecule has 18 heteroatoms. The van der Waals surface area contributed by atoms with E-state index in [0.717, 1.165) is 25.7 Å². The van der Waals surface area contributed by atoms with E-state index in [9.17, 15) is 38.7 Å². The Hall–Kier alpha value is -4.81. The number of benzene rings is 1. The largest absolute Gasteiger partial charge is 0.508 e. The average Bonchev–Trinajstić information content (AvgIpc) is 3.25. The second kappa shape index (κ2) is 35.6. The second-order valence-corrected chi connectivity index (χ2v) is 16.2. The van der Waals surface area contributed by atoms with Crippen LogP contribution >= 0.6 is 0 Å². The number of hydrogen-bond acceptors (Lipinski definition) is 11. The zero-order chi connectivity index (χ0) is 46.7. The molecule has 13 N–H and O–H groups in total. The number of amides is 7. The van der Waals surface area contributed by atoms with E-state index < -0.39 is 60.1 Å². The Labute approximate surface area is 374 Å². The molecule has 0 fully saturated rings. The number of ether oxygens (including phenoxy) is 1. The molecule has 0 unspecified atom stereocenters. The van der Waals surface area contributed by atoms with E-state index in [-0.39, 0.29) is 63.0 Å². The van der Waals surface area contributed by atoms with Gasteiger partial charge >= 0.3 is 0 Å². The molecular formula is C45H79N9O9. The maximum absolute atomic E-state index is 13.8. The molecule has 1 aromatic rings. The summed E-state index contributed by atoms with van der Waals surface area (Å²) in [6.45, 7) is 4.87. The van der Waals surface area contributed by atoms with Crippen molar-refractivity contribution >= 4 is 41.4 Å². The molecule has 358 valence electrons. The Bertz CT molecular complexity index is 1480. The minimum absolute atomic E-state index is 0.0198. The fourth-order valence-electron chi connectivity index (χ4n) is 6.66. The number of phenols is 1. The van der Waals surface area contributed by atoms with Crippen LogP contribution in [0.4, 0.5) is 0 Å². The van der Waals surface area contributed by atoms with Crippen molar-refractivity contribution in [3.8, 4) is 5.75 Å². The summed E-state index contributed by atoms with van der Waals surface area (Å²) in [7, 11) is 0. The van der Waals surface area contributed by atoms with Crippen molar-refractivity contribution in [1.82, 2.24) is 31.9 Å². The van der Waals surface area contributed by atoms with Crippen LogP contribution in [0.2, 0.25) is 0 Å². The van der Waals surface area contributed by atoms with Crippen LogP contribution in [0.25, 0.3) is 0 Å². The number of primary amides is 1. The molecule has 0 aliphatic carbocycles. The third kappa shape index (κ3) is 29.2. The summed E-state index contributed by atoms with van der Waals surface area (Å²) in [6.07, 6.45) is 15.4. The normalized spacial score (nSPS) is 12.9. The van der Waals surface area contributed by atoms with Crippen molar-refractivity contribution in [2.75, 3.05) is 39.4 Å². The van der Waals surface area contributed by atoms with Gasteiger partial charge in [0, 0.05) is 31.9 Å². The molecule has 0 heterocycles. The lowest BCUT2D eigenvalue weighted by Gasteiger charge is -2.26. The molecule has 7 amide bonds. The van der Waals surface area contributed by atoms with Crippen molar-refractivity contribution in [2.24, 2.45) is 17.2 Å². The highest BCUT2D eigenvalue weighted by atomic mass is 16.5. The van der Waals surface area contributed by atoms with Crippen molar-refractivity contribution in [1.29, 1.82) is 0 Å². The van der Waals surface area contributed by atoms with Crippen LogP contribution in [0.5, 0.6) is 5.75 Å². The molecule has 0 aliphatic rings. The summed E-state index contributed by atoms with van der Waals surface area (Å²) in [5.74, 6) is -4.46. The molecule has 1 rings (SSSR count). The fourth-order valence-corrected chi connectivity index (χ4v) is 6.66. The topological polar surface area (TPSA) is 299 Å². The van der Waals surface area contributed by atoms with E-state index in [4.69, 9.17) is 21.9 Å². The van der Waals surface area contributed by atoms with Gasteiger partial charge in [-0.3, -0.25) is 33.6 Å². The highest BCUT2D eigenvalue weighted by Gasteiger charge is 2.30.